The summed E-state index contributed by atoms with van der Waals surface area (Å²) in [7, 11) is 0. The second-order valence-electron chi connectivity index (χ2n) is 7.68. The Morgan fingerprint density at radius 2 is 2.07 bits per heavy atom. The van der Waals surface area contributed by atoms with E-state index in [-0.39, 0.29) is 34.7 Å². The predicted octanol–water partition coefficient (Wildman–Crippen LogP) is 3.39. The van der Waals surface area contributed by atoms with Gasteiger partial charge in [-0.3, -0.25) is 0 Å². The molecule has 2 aliphatic heterocycles. The molecule has 1 N–H and O–H groups in total. The Labute approximate surface area is 169 Å². The van der Waals surface area contributed by atoms with Crippen molar-refractivity contribution in [2.45, 2.75) is 38.8 Å². The third kappa shape index (κ3) is 3.91. The Balaban J connectivity index is 1.70. The van der Waals surface area contributed by atoms with Crippen molar-refractivity contribution in [2.24, 2.45) is 0 Å². The van der Waals surface area contributed by atoms with Crippen LogP contribution in [0.25, 0.3) is 11.3 Å². The average molecular weight is 404 g/mol. The molecule has 2 aromatic rings. The fourth-order valence-electron chi connectivity index (χ4n) is 4.26. The van der Waals surface area contributed by atoms with Crippen LogP contribution in [-0.2, 0) is 4.74 Å². The number of aromatic nitrogens is 2. The van der Waals surface area contributed by atoms with Crippen molar-refractivity contribution in [3.05, 3.63) is 35.4 Å². The number of anilines is 1. The van der Waals surface area contributed by atoms with Gasteiger partial charge in [0.1, 0.15) is 11.4 Å². The summed E-state index contributed by atoms with van der Waals surface area (Å²) in [5.74, 6) is 0.359. The van der Waals surface area contributed by atoms with Gasteiger partial charge < -0.3 is 19.6 Å². The Kier molecular flexibility index (Phi) is 5.65. The number of nitrogens with zero attached hydrogens (tertiary/aromatic N) is 4. The zero-order valence-electron chi connectivity index (χ0n) is 16.7. The van der Waals surface area contributed by atoms with Crippen LogP contribution in [0.1, 0.15) is 30.9 Å². The quantitative estimate of drug-likeness (QED) is 0.843. The second kappa shape index (κ2) is 8.20. The maximum Gasteiger partial charge on any atom is 0.266 e. The van der Waals surface area contributed by atoms with Gasteiger partial charge in [-0.05, 0) is 43.7 Å². The number of aryl methyl sites for hydroxylation is 1. The fourth-order valence-corrected chi connectivity index (χ4v) is 4.26. The van der Waals surface area contributed by atoms with E-state index in [0.717, 1.165) is 31.6 Å². The molecule has 0 amide bonds. The van der Waals surface area contributed by atoms with E-state index in [2.05, 4.69) is 22.0 Å². The number of likely N-dealkylation sites (tertiary alicyclic amines) is 1. The number of alkyl halides is 2. The molecular weight excluding hydrogens is 378 g/mol. The van der Waals surface area contributed by atoms with E-state index < -0.39 is 6.43 Å². The lowest BCUT2D eigenvalue weighted by atomic mass is 9.98. The Morgan fingerprint density at radius 3 is 2.79 bits per heavy atom. The number of piperidine rings is 1. The van der Waals surface area contributed by atoms with E-state index in [4.69, 9.17) is 4.74 Å². The van der Waals surface area contributed by atoms with E-state index in [9.17, 15) is 13.9 Å². The highest BCUT2D eigenvalue weighted by molar-refractivity contribution is 5.71. The van der Waals surface area contributed by atoms with Crippen LogP contribution in [0.4, 0.5) is 14.6 Å². The standard InChI is InChI=1S/C21H26F2N4O2/c1-3-26-7-6-18-16(12-26)27(8-9-29-18)19-11-15(21(22)23)20(25-24-19)14-5-4-13(2)10-17(14)28/h4-5,10-11,16,18,21,28H,3,6-9,12H2,1-2H3/t16-,18+/m0/s1. The van der Waals surface area contributed by atoms with Crippen LogP contribution in [0.5, 0.6) is 5.75 Å². The van der Waals surface area contributed by atoms with Crippen LogP contribution < -0.4 is 4.90 Å². The summed E-state index contributed by atoms with van der Waals surface area (Å²) >= 11 is 0. The number of hydrogen-bond donors (Lipinski definition) is 1. The SMILES string of the molecule is CCN1CC[C@H]2OCCN(c3cc(C(F)F)c(-c4ccc(C)cc4O)nn3)[C@H]2C1. The summed E-state index contributed by atoms with van der Waals surface area (Å²) in [4.78, 5) is 4.39. The summed E-state index contributed by atoms with van der Waals surface area (Å²) in [6.07, 6.45) is -1.74. The van der Waals surface area contributed by atoms with Gasteiger partial charge in [-0.25, -0.2) is 8.78 Å². The molecule has 0 bridgehead atoms. The maximum atomic E-state index is 13.9. The molecule has 2 saturated heterocycles. The van der Waals surface area contributed by atoms with Crippen LogP contribution in [-0.4, -0.2) is 65.1 Å². The zero-order valence-corrected chi connectivity index (χ0v) is 16.7. The van der Waals surface area contributed by atoms with E-state index in [1.165, 1.54) is 12.1 Å². The summed E-state index contributed by atoms with van der Waals surface area (Å²) in [5, 5.41) is 18.6. The first-order valence-electron chi connectivity index (χ1n) is 10.0. The topological polar surface area (TPSA) is 61.7 Å². The predicted molar refractivity (Wildman–Crippen MR) is 106 cm³/mol. The third-order valence-corrected chi connectivity index (χ3v) is 5.86. The van der Waals surface area contributed by atoms with Crippen LogP contribution in [0.15, 0.2) is 24.3 Å². The van der Waals surface area contributed by atoms with Gasteiger partial charge in [0, 0.05) is 30.8 Å². The maximum absolute atomic E-state index is 13.9. The molecule has 156 valence electrons. The molecule has 1 aromatic carbocycles. The summed E-state index contributed by atoms with van der Waals surface area (Å²) in [5.41, 5.74) is 0.899. The minimum atomic E-state index is -2.73. The van der Waals surface area contributed by atoms with Crippen molar-refractivity contribution in [3.63, 3.8) is 0 Å². The molecule has 4 rings (SSSR count). The van der Waals surface area contributed by atoms with E-state index in [1.54, 1.807) is 12.1 Å². The minimum Gasteiger partial charge on any atom is -0.507 e. The summed E-state index contributed by atoms with van der Waals surface area (Å²) in [6, 6.07) is 6.38. The molecule has 3 heterocycles. The number of fused-ring (bicyclic) bond motifs is 1. The second-order valence-corrected chi connectivity index (χ2v) is 7.68. The monoisotopic (exact) mass is 404 g/mol. The molecule has 0 spiro atoms. The zero-order chi connectivity index (χ0) is 20.5. The number of ether oxygens (including phenoxy) is 1. The van der Waals surface area contributed by atoms with Gasteiger partial charge >= 0.3 is 0 Å². The van der Waals surface area contributed by atoms with Crippen LogP contribution in [0.2, 0.25) is 0 Å². The molecule has 6 nitrogen and oxygen atoms in total. The van der Waals surface area contributed by atoms with E-state index in [0.29, 0.717) is 19.0 Å². The van der Waals surface area contributed by atoms with Gasteiger partial charge in [0.05, 0.1) is 18.8 Å². The molecule has 2 fully saturated rings. The van der Waals surface area contributed by atoms with Gasteiger partial charge in [0.2, 0.25) is 0 Å². The van der Waals surface area contributed by atoms with Crippen molar-refractivity contribution >= 4 is 5.82 Å². The first-order chi connectivity index (χ1) is 14.0. The van der Waals surface area contributed by atoms with Crippen molar-refractivity contribution < 1.29 is 18.6 Å². The largest absolute Gasteiger partial charge is 0.507 e. The number of halogens is 2. The third-order valence-electron chi connectivity index (χ3n) is 5.86. The van der Waals surface area contributed by atoms with E-state index >= 15 is 0 Å². The first kappa shape index (κ1) is 20.0. The van der Waals surface area contributed by atoms with Crippen molar-refractivity contribution in [2.75, 3.05) is 37.7 Å². The number of aromatic hydroxyl groups is 1. The normalized spacial score (nSPS) is 22.7. The molecular formula is C21H26F2N4O2. The number of phenolic OH excluding ortho intramolecular Hbond substituents is 1. The molecule has 0 radical (unpaired) electrons. The highest BCUT2D eigenvalue weighted by Crippen LogP contribution is 2.37. The summed E-state index contributed by atoms with van der Waals surface area (Å²) in [6.45, 7) is 7.80. The Morgan fingerprint density at radius 1 is 1.24 bits per heavy atom. The van der Waals surface area contributed by atoms with E-state index in [1.807, 2.05) is 11.8 Å². The first-order valence-corrected chi connectivity index (χ1v) is 10.0. The van der Waals surface area contributed by atoms with Crippen LogP contribution in [0, 0.1) is 6.92 Å². The number of likely N-dealkylation sites (N-methyl/N-ethyl adjacent to an activating group) is 1. The van der Waals surface area contributed by atoms with Crippen LogP contribution in [0.3, 0.4) is 0 Å². The molecule has 29 heavy (non-hydrogen) atoms. The molecule has 2 atom stereocenters. The Bertz CT molecular complexity index is 880. The van der Waals surface area contributed by atoms with Gasteiger partial charge in [-0.15, -0.1) is 10.2 Å². The number of morpholine rings is 1. The molecule has 0 saturated carbocycles. The van der Waals surface area contributed by atoms with Gasteiger partial charge in [0.15, 0.2) is 5.82 Å². The molecule has 8 heteroatoms. The van der Waals surface area contributed by atoms with Crippen LogP contribution >= 0.6 is 0 Å². The Hall–Kier alpha value is -2.32. The molecule has 0 aliphatic carbocycles. The molecule has 1 aromatic heterocycles. The number of hydrogen-bond acceptors (Lipinski definition) is 6. The minimum absolute atomic E-state index is 0.0184. The number of benzene rings is 1. The average Bonchev–Trinajstić information content (AvgIpc) is 2.72. The van der Waals surface area contributed by atoms with Gasteiger partial charge in [-0.2, -0.15) is 0 Å². The van der Waals surface area contributed by atoms with Gasteiger partial charge in [-0.1, -0.05) is 13.0 Å². The van der Waals surface area contributed by atoms with Crippen molar-refractivity contribution in [1.82, 2.24) is 15.1 Å². The van der Waals surface area contributed by atoms with Gasteiger partial charge in [0.25, 0.3) is 6.43 Å². The van der Waals surface area contributed by atoms with Crippen molar-refractivity contribution in [1.29, 1.82) is 0 Å². The molecule has 0 unspecified atom stereocenters. The lowest BCUT2D eigenvalue weighted by Gasteiger charge is -2.47. The lowest BCUT2D eigenvalue weighted by Crippen LogP contribution is -2.60. The molecule has 2 aliphatic rings. The fraction of sp³-hybridized carbons (Fsp3) is 0.524. The number of phenols is 1. The van der Waals surface area contributed by atoms with Crippen molar-refractivity contribution in [3.8, 4) is 17.0 Å². The number of rotatable bonds is 4. The smallest absolute Gasteiger partial charge is 0.266 e. The highest BCUT2D eigenvalue weighted by Gasteiger charge is 2.38. The summed E-state index contributed by atoms with van der Waals surface area (Å²) < 4.78 is 33.8. The highest BCUT2D eigenvalue weighted by atomic mass is 19.3. The lowest BCUT2D eigenvalue weighted by molar-refractivity contribution is -0.0282.